The maximum Gasteiger partial charge on any atom is 0.226 e. The largest absolute Gasteiger partial charge is 0.459 e. The average molecular weight is 323 g/mol. The number of nitrogens with zero attached hydrogens (tertiary/aromatic N) is 1. The van der Waals surface area contributed by atoms with E-state index in [-0.39, 0.29) is 24.2 Å². The van der Waals surface area contributed by atoms with E-state index in [4.69, 9.17) is 10.2 Å². The zero-order chi connectivity index (χ0) is 14.8. The Hall–Kier alpha value is -1.52. The fraction of sp³-hybridized carbons (Fsp3) is 0.471. The van der Waals surface area contributed by atoms with Gasteiger partial charge < -0.3 is 15.1 Å². The first kappa shape index (κ1) is 16.8. The van der Waals surface area contributed by atoms with E-state index in [2.05, 4.69) is 0 Å². The van der Waals surface area contributed by atoms with E-state index < -0.39 is 0 Å². The molecule has 1 fully saturated rings. The Bertz CT molecular complexity index is 607. The van der Waals surface area contributed by atoms with Crippen LogP contribution in [0.3, 0.4) is 0 Å². The van der Waals surface area contributed by atoms with Crippen molar-refractivity contribution in [2.24, 2.45) is 17.6 Å². The second-order valence-corrected chi connectivity index (χ2v) is 5.98. The lowest BCUT2D eigenvalue weighted by Gasteiger charge is -2.23. The molecule has 120 valence electrons. The third-order valence-corrected chi connectivity index (χ3v) is 4.52. The van der Waals surface area contributed by atoms with Gasteiger partial charge in [0, 0.05) is 18.4 Å². The number of amides is 1. The van der Waals surface area contributed by atoms with Crippen LogP contribution in [0.4, 0.5) is 0 Å². The Kier molecular flexibility index (Phi) is 5.48. The first-order valence-corrected chi connectivity index (χ1v) is 7.61. The summed E-state index contributed by atoms with van der Waals surface area (Å²) in [5.74, 6) is 1.46. The Balaban J connectivity index is 0.00000176. The molecule has 3 rings (SSSR count). The van der Waals surface area contributed by atoms with Crippen LogP contribution in [0, 0.1) is 11.8 Å². The molecule has 22 heavy (non-hydrogen) atoms. The molecule has 0 spiro atoms. The zero-order valence-corrected chi connectivity index (χ0v) is 13.6. The summed E-state index contributed by atoms with van der Waals surface area (Å²) in [6, 6.07) is 9.91. The molecule has 1 saturated carbocycles. The van der Waals surface area contributed by atoms with Crippen molar-refractivity contribution in [2.45, 2.75) is 25.8 Å². The molecule has 1 aliphatic rings. The van der Waals surface area contributed by atoms with Gasteiger partial charge in [-0.2, -0.15) is 0 Å². The SMILES string of the molecule is CN(Cc1cc2ccccc2o1)C(=O)[C@@H]1CCC[C@@H]1CN.Cl. The molecule has 5 heteroatoms. The quantitative estimate of drug-likeness (QED) is 0.940. The van der Waals surface area contributed by atoms with E-state index in [0.717, 1.165) is 36.0 Å². The van der Waals surface area contributed by atoms with Crippen LogP contribution in [-0.2, 0) is 11.3 Å². The standard InChI is InChI=1S/C17H22N2O2.ClH/c1-19(17(20)15-7-4-6-13(15)10-18)11-14-9-12-5-2-3-8-16(12)21-14;/h2-3,5,8-9,13,15H,4,6-7,10-11,18H2,1H3;1H/t13-,15-;/m1./s1. The molecule has 2 aromatic rings. The van der Waals surface area contributed by atoms with Crippen molar-refractivity contribution in [1.82, 2.24) is 4.90 Å². The summed E-state index contributed by atoms with van der Waals surface area (Å²) in [4.78, 5) is 14.3. The summed E-state index contributed by atoms with van der Waals surface area (Å²) in [6.07, 6.45) is 3.15. The lowest BCUT2D eigenvalue weighted by Crippen LogP contribution is -2.36. The highest BCUT2D eigenvalue weighted by Crippen LogP contribution is 2.32. The third-order valence-electron chi connectivity index (χ3n) is 4.52. The van der Waals surface area contributed by atoms with Crippen LogP contribution in [0.1, 0.15) is 25.0 Å². The second-order valence-electron chi connectivity index (χ2n) is 5.98. The van der Waals surface area contributed by atoms with Gasteiger partial charge in [0.05, 0.1) is 6.54 Å². The van der Waals surface area contributed by atoms with Crippen LogP contribution in [0.5, 0.6) is 0 Å². The fourth-order valence-electron chi connectivity index (χ4n) is 3.35. The van der Waals surface area contributed by atoms with Gasteiger partial charge in [-0.15, -0.1) is 12.4 Å². The molecule has 1 amide bonds. The molecule has 2 atom stereocenters. The molecule has 1 aromatic carbocycles. The van der Waals surface area contributed by atoms with Gasteiger partial charge in [0.25, 0.3) is 0 Å². The Morgan fingerprint density at radius 2 is 2.14 bits per heavy atom. The lowest BCUT2D eigenvalue weighted by atomic mass is 9.95. The summed E-state index contributed by atoms with van der Waals surface area (Å²) < 4.78 is 5.79. The van der Waals surface area contributed by atoms with Crippen molar-refractivity contribution in [3.05, 3.63) is 36.1 Å². The van der Waals surface area contributed by atoms with Crippen molar-refractivity contribution >= 4 is 29.3 Å². The molecule has 1 aromatic heterocycles. The molecular weight excluding hydrogens is 300 g/mol. The maximum absolute atomic E-state index is 12.6. The molecule has 0 aliphatic heterocycles. The normalized spacial score (nSPS) is 20.8. The topological polar surface area (TPSA) is 59.5 Å². The number of furan rings is 1. The predicted molar refractivity (Wildman–Crippen MR) is 89.8 cm³/mol. The lowest BCUT2D eigenvalue weighted by molar-refractivity contribution is -0.136. The predicted octanol–water partition coefficient (Wildman–Crippen LogP) is 3.19. The van der Waals surface area contributed by atoms with Gasteiger partial charge >= 0.3 is 0 Å². The number of hydrogen-bond donors (Lipinski definition) is 1. The van der Waals surface area contributed by atoms with Gasteiger partial charge in [0.2, 0.25) is 5.91 Å². The maximum atomic E-state index is 12.6. The molecule has 1 heterocycles. The second kappa shape index (κ2) is 7.16. The number of benzene rings is 1. The van der Waals surface area contributed by atoms with Crippen molar-refractivity contribution in [3.63, 3.8) is 0 Å². The Morgan fingerprint density at radius 3 is 2.86 bits per heavy atom. The Morgan fingerprint density at radius 1 is 1.36 bits per heavy atom. The van der Waals surface area contributed by atoms with Crippen LogP contribution in [0.25, 0.3) is 11.0 Å². The van der Waals surface area contributed by atoms with E-state index in [0.29, 0.717) is 19.0 Å². The zero-order valence-electron chi connectivity index (χ0n) is 12.8. The molecule has 0 bridgehead atoms. The number of fused-ring (bicyclic) bond motifs is 1. The van der Waals surface area contributed by atoms with Crippen LogP contribution < -0.4 is 5.73 Å². The minimum Gasteiger partial charge on any atom is -0.459 e. The summed E-state index contributed by atoms with van der Waals surface area (Å²) in [7, 11) is 1.85. The highest BCUT2D eigenvalue weighted by atomic mass is 35.5. The number of nitrogens with two attached hydrogens (primary N) is 1. The summed E-state index contributed by atoms with van der Waals surface area (Å²) in [5.41, 5.74) is 6.65. The minimum absolute atomic E-state index is 0. The average Bonchev–Trinajstić information content (AvgIpc) is 3.11. The highest BCUT2D eigenvalue weighted by molar-refractivity contribution is 5.85. The van der Waals surface area contributed by atoms with Gasteiger partial charge in [-0.1, -0.05) is 24.6 Å². The number of hydrogen-bond acceptors (Lipinski definition) is 3. The van der Waals surface area contributed by atoms with Crippen LogP contribution in [0.2, 0.25) is 0 Å². The van der Waals surface area contributed by atoms with E-state index in [1.54, 1.807) is 4.90 Å². The molecule has 0 saturated heterocycles. The number of rotatable bonds is 4. The van der Waals surface area contributed by atoms with Crippen LogP contribution >= 0.6 is 12.4 Å². The Labute approximate surface area is 137 Å². The van der Waals surface area contributed by atoms with E-state index >= 15 is 0 Å². The van der Waals surface area contributed by atoms with Gasteiger partial charge in [0.1, 0.15) is 11.3 Å². The third kappa shape index (κ3) is 3.28. The summed E-state index contributed by atoms with van der Waals surface area (Å²) >= 11 is 0. The van der Waals surface area contributed by atoms with E-state index in [1.165, 1.54) is 0 Å². The first-order valence-electron chi connectivity index (χ1n) is 7.61. The molecule has 2 N–H and O–H groups in total. The molecule has 0 radical (unpaired) electrons. The van der Waals surface area contributed by atoms with Crippen LogP contribution in [-0.4, -0.2) is 24.4 Å². The summed E-state index contributed by atoms with van der Waals surface area (Å²) in [6.45, 7) is 1.12. The highest BCUT2D eigenvalue weighted by Gasteiger charge is 2.33. The monoisotopic (exact) mass is 322 g/mol. The number of carbonyl (C=O) groups is 1. The van der Waals surface area contributed by atoms with E-state index in [9.17, 15) is 4.79 Å². The van der Waals surface area contributed by atoms with Crippen molar-refractivity contribution in [2.75, 3.05) is 13.6 Å². The fourth-order valence-corrected chi connectivity index (χ4v) is 3.35. The minimum atomic E-state index is 0. The van der Waals surface area contributed by atoms with Crippen molar-refractivity contribution in [3.8, 4) is 0 Å². The number of para-hydroxylation sites is 1. The molecule has 0 unspecified atom stereocenters. The van der Waals surface area contributed by atoms with Gasteiger partial charge in [-0.3, -0.25) is 4.79 Å². The molecular formula is C17H23ClN2O2. The van der Waals surface area contributed by atoms with E-state index in [1.807, 2.05) is 37.4 Å². The van der Waals surface area contributed by atoms with Crippen molar-refractivity contribution in [1.29, 1.82) is 0 Å². The molecule has 1 aliphatic carbocycles. The van der Waals surface area contributed by atoms with Crippen molar-refractivity contribution < 1.29 is 9.21 Å². The van der Waals surface area contributed by atoms with Gasteiger partial charge in [-0.05, 0) is 37.4 Å². The number of carbonyl (C=O) groups excluding carboxylic acids is 1. The first-order chi connectivity index (χ1) is 10.2. The van der Waals surface area contributed by atoms with Gasteiger partial charge in [-0.25, -0.2) is 0 Å². The smallest absolute Gasteiger partial charge is 0.226 e. The van der Waals surface area contributed by atoms with Crippen LogP contribution in [0.15, 0.2) is 34.7 Å². The summed E-state index contributed by atoms with van der Waals surface area (Å²) in [5, 5.41) is 1.08. The molecule has 4 nitrogen and oxygen atoms in total. The van der Waals surface area contributed by atoms with Gasteiger partial charge in [0.15, 0.2) is 0 Å². The number of halogens is 1.